The third-order valence-corrected chi connectivity index (χ3v) is 2.35. The SMILES string of the molecule is CC(O)c1c(F)cccc1S(=O)O. The van der Waals surface area contributed by atoms with Crippen LogP contribution >= 0.6 is 0 Å². The molecule has 0 fully saturated rings. The summed E-state index contributed by atoms with van der Waals surface area (Å²) in [6, 6.07) is 3.77. The molecule has 0 saturated heterocycles. The number of benzene rings is 1. The third-order valence-electron chi connectivity index (χ3n) is 1.62. The van der Waals surface area contributed by atoms with Crippen molar-refractivity contribution >= 4 is 11.1 Å². The highest BCUT2D eigenvalue weighted by Gasteiger charge is 2.16. The third kappa shape index (κ3) is 2.12. The molecule has 3 nitrogen and oxygen atoms in total. The molecular weight excluding hydrogens is 195 g/mol. The number of rotatable bonds is 2. The Kier molecular flexibility index (Phi) is 3.13. The van der Waals surface area contributed by atoms with E-state index in [1.807, 2.05) is 0 Å². The molecule has 5 heteroatoms. The lowest BCUT2D eigenvalue weighted by Crippen LogP contribution is -2.03. The molecule has 0 amide bonds. The lowest BCUT2D eigenvalue weighted by Gasteiger charge is -2.09. The molecule has 2 atom stereocenters. The van der Waals surface area contributed by atoms with Gasteiger partial charge in [-0.2, -0.15) is 0 Å². The largest absolute Gasteiger partial charge is 0.389 e. The van der Waals surface area contributed by atoms with Crippen molar-refractivity contribution in [1.82, 2.24) is 0 Å². The second-order valence-electron chi connectivity index (χ2n) is 2.58. The zero-order valence-electron chi connectivity index (χ0n) is 6.90. The molecule has 0 saturated carbocycles. The molecule has 0 bridgehead atoms. The molecule has 0 aromatic heterocycles. The fourth-order valence-electron chi connectivity index (χ4n) is 1.07. The van der Waals surface area contributed by atoms with E-state index in [4.69, 9.17) is 9.66 Å². The number of aliphatic hydroxyl groups excluding tert-OH is 1. The van der Waals surface area contributed by atoms with Crippen molar-refractivity contribution in [3.05, 3.63) is 29.6 Å². The van der Waals surface area contributed by atoms with Gasteiger partial charge in [-0.1, -0.05) is 6.07 Å². The van der Waals surface area contributed by atoms with Crippen molar-refractivity contribution in [2.75, 3.05) is 0 Å². The van der Waals surface area contributed by atoms with Gasteiger partial charge in [0, 0.05) is 5.56 Å². The van der Waals surface area contributed by atoms with E-state index in [2.05, 4.69) is 0 Å². The van der Waals surface area contributed by atoms with Crippen LogP contribution in [0.25, 0.3) is 0 Å². The first kappa shape index (κ1) is 10.3. The normalized spacial score (nSPS) is 15.4. The minimum Gasteiger partial charge on any atom is -0.389 e. The van der Waals surface area contributed by atoms with Crippen LogP contribution < -0.4 is 0 Å². The van der Waals surface area contributed by atoms with Gasteiger partial charge in [-0.3, -0.25) is 0 Å². The van der Waals surface area contributed by atoms with Gasteiger partial charge in [0.15, 0.2) is 11.1 Å². The van der Waals surface area contributed by atoms with E-state index in [0.29, 0.717) is 0 Å². The summed E-state index contributed by atoms with van der Waals surface area (Å²) >= 11 is -2.27. The lowest BCUT2D eigenvalue weighted by molar-refractivity contribution is 0.190. The Morgan fingerprint density at radius 2 is 2.15 bits per heavy atom. The van der Waals surface area contributed by atoms with Crippen LogP contribution in [0.3, 0.4) is 0 Å². The van der Waals surface area contributed by atoms with E-state index in [0.717, 1.165) is 6.07 Å². The van der Waals surface area contributed by atoms with Gasteiger partial charge in [0.2, 0.25) is 0 Å². The van der Waals surface area contributed by atoms with Crippen molar-refractivity contribution in [3.63, 3.8) is 0 Å². The Morgan fingerprint density at radius 1 is 1.54 bits per heavy atom. The number of halogens is 1. The minimum atomic E-state index is -2.27. The van der Waals surface area contributed by atoms with Crippen LogP contribution in [0.5, 0.6) is 0 Å². The van der Waals surface area contributed by atoms with Crippen molar-refractivity contribution in [2.45, 2.75) is 17.9 Å². The van der Waals surface area contributed by atoms with Crippen molar-refractivity contribution in [1.29, 1.82) is 0 Å². The first-order chi connectivity index (χ1) is 6.04. The molecule has 2 unspecified atom stereocenters. The minimum absolute atomic E-state index is 0.0880. The first-order valence-electron chi connectivity index (χ1n) is 3.61. The predicted molar refractivity (Wildman–Crippen MR) is 46.1 cm³/mol. The zero-order chi connectivity index (χ0) is 10.0. The van der Waals surface area contributed by atoms with Crippen molar-refractivity contribution in [2.24, 2.45) is 0 Å². The maximum absolute atomic E-state index is 13.1. The molecule has 0 radical (unpaired) electrons. The van der Waals surface area contributed by atoms with Crippen molar-refractivity contribution < 1.29 is 18.3 Å². The van der Waals surface area contributed by atoms with Gasteiger partial charge < -0.3 is 9.66 Å². The summed E-state index contributed by atoms with van der Waals surface area (Å²) in [5.41, 5.74) is -0.122. The summed E-state index contributed by atoms with van der Waals surface area (Å²) in [5, 5.41) is 9.15. The van der Waals surface area contributed by atoms with Gasteiger partial charge in [-0.05, 0) is 19.1 Å². The molecule has 1 aromatic carbocycles. The monoisotopic (exact) mass is 204 g/mol. The maximum atomic E-state index is 13.1. The highest BCUT2D eigenvalue weighted by Crippen LogP contribution is 2.23. The maximum Gasteiger partial charge on any atom is 0.186 e. The second-order valence-corrected chi connectivity index (χ2v) is 3.51. The average molecular weight is 204 g/mol. The zero-order valence-corrected chi connectivity index (χ0v) is 7.71. The first-order valence-corrected chi connectivity index (χ1v) is 4.72. The van der Waals surface area contributed by atoms with E-state index in [1.165, 1.54) is 19.1 Å². The Labute approximate surface area is 77.5 Å². The highest BCUT2D eigenvalue weighted by atomic mass is 32.2. The Bertz CT molecular complexity index is 338. The van der Waals surface area contributed by atoms with Crippen molar-refractivity contribution in [3.8, 4) is 0 Å². The van der Waals surface area contributed by atoms with E-state index in [-0.39, 0.29) is 10.5 Å². The van der Waals surface area contributed by atoms with Gasteiger partial charge in [-0.15, -0.1) is 0 Å². The smallest absolute Gasteiger partial charge is 0.186 e. The van der Waals surface area contributed by atoms with Gasteiger partial charge in [0.25, 0.3) is 0 Å². The summed E-state index contributed by atoms with van der Waals surface area (Å²) in [6.45, 7) is 1.34. The molecule has 1 rings (SSSR count). The molecule has 0 heterocycles. The van der Waals surface area contributed by atoms with Crippen LogP contribution in [0.15, 0.2) is 23.1 Å². The van der Waals surface area contributed by atoms with E-state index in [9.17, 15) is 8.60 Å². The van der Waals surface area contributed by atoms with Crippen LogP contribution in [0.1, 0.15) is 18.6 Å². The molecule has 0 aliphatic heterocycles. The van der Waals surface area contributed by atoms with Crippen LogP contribution in [-0.2, 0) is 11.1 Å². The summed E-state index contributed by atoms with van der Waals surface area (Å²) in [7, 11) is 0. The molecular formula is C8H9FO3S. The number of aliphatic hydroxyl groups is 1. The number of hydrogen-bond acceptors (Lipinski definition) is 2. The van der Waals surface area contributed by atoms with Gasteiger partial charge in [0.1, 0.15) is 5.82 Å². The standard InChI is InChI=1S/C8H9FO3S/c1-5(10)8-6(9)3-2-4-7(8)13(11)12/h2-5,10H,1H3,(H,11,12). The van der Waals surface area contributed by atoms with Crippen LogP contribution in [0, 0.1) is 5.82 Å². The van der Waals surface area contributed by atoms with Gasteiger partial charge in [0.05, 0.1) is 11.0 Å². The summed E-state index contributed by atoms with van der Waals surface area (Å²) < 4.78 is 32.5. The van der Waals surface area contributed by atoms with Gasteiger partial charge >= 0.3 is 0 Å². The molecule has 0 aliphatic rings. The summed E-state index contributed by atoms with van der Waals surface area (Å²) in [5.74, 6) is -0.671. The molecule has 0 aliphatic carbocycles. The molecule has 2 N–H and O–H groups in total. The summed E-state index contributed by atoms with van der Waals surface area (Å²) in [4.78, 5) is -0.0880. The predicted octanol–water partition coefficient (Wildman–Crippen LogP) is 1.46. The van der Waals surface area contributed by atoms with Crippen LogP contribution in [0.2, 0.25) is 0 Å². The fraction of sp³-hybridized carbons (Fsp3) is 0.250. The number of hydrogen-bond donors (Lipinski definition) is 2. The second kappa shape index (κ2) is 3.95. The topological polar surface area (TPSA) is 57.5 Å². The van der Waals surface area contributed by atoms with Crippen LogP contribution in [-0.4, -0.2) is 13.9 Å². The molecule has 0 spiro atoms. The van der Waals surface area contributed by atoms with Gasteiger partial charge in [-0.25, -0.2) is 8.60 Å². The Morgan fingerprint density at radius 3 is 2.54 bits per heavy atom. The molecule has 72 valence electrons. The van der Waals surface area contributed by atoms with Crippen LogP contribution in [0.4, 0.5) is 4.39 Å². The highest BCUT2D eigenvalue weighted by molar-refractivity contribution is 7.79. The average Bonchev–Trinajstić information content (AvgIpc) is 2.02. The molecule has 13 heavy (non-hydrogen) atoms. The van der Waals surface area contributed by atoms with E-state index in [1.54, 1.807) is 0 Å². The Balaban J connectivity index is 3.34. The lowest BCUT2D eigenvalue weighted by atomic mass is 10.1. The van der Waals surface area contributed by atoms with E-state index >= 15 is 0 Å². The summed E-state index contributed by atoms with van der Waals surface area (Å²) in [6.07, 6.45) is -1.09. The van der Waals surface area contributed by atoms with E-state index < -0.39 is 23.0 Å². The quantitative estimate of drug-likeness (QED) is 0.717. The fourth-order valence-corrected chi connectivity index (χ4v) is 1.73. The molecule has 1 aromatic rings. The Hall–Kier alpha value is -0.780.